The number of aliphatic hydroxyl groups is 1. The predicted octanol–water partition coefficient (Wildman–Crippen LogP) is 4.85. The molecule has 3 aromatic carbocycles. The standard InChI is InChI=1S/C26H27FN2O2/c1-31-25-8-3-2-5-19(25)15-29-12-11-21-24(16-30)28-23-10-9-18(14-22(23)26(21)29)17-6-4-7-20(27)13-17/h2-10,13-14,21,24,26,28,30H,11-12,15-16H2,1H3/t21-,24-,26-/m0/s1. The molecule has 2 aliphatic heterocycles. The number of ether oxygens (including phenoxy) is 1. The Hall–Kier alpha value is -2.89. The normalized spacial score (nSPS) is 22.5. The highest BCUT2D eigenvalue weighted by Gasteiger charge is 2.44. The van der Waals surface area contributed by atoms with Crippen molar-refractivity contribution >= 4 is 5.69 Å². The maximum Gasteiger partial charge on any atom is 0.123 e. The van der Waals surface area contributed by atoms with Gasteiger partial charge in [0.1, 0.15) is 11.6 Å². The van der Waals surface area contributed by atoms with Crippen LogP contribution in [0.1, 0.15) is 23.6 Å². The summed E-state index contributed by atoms with van der Waals surface area (Å²) in [6, 6.07) is 21.4. The van der Waals surface area contributed by atoms with Crippen LogP contribution in [0.3, 0.4) is 0 Å². The third kappa shape index (κ3) is 3.68. The van der Waals surface area contributed by atoms with E-state index in [2.05, 4.69) is 28.4 Å². The zero-order valence-corrected chi connectivity index (χ0v) is 17.6. The molecule has 2 heterocycles. The fourth-order valence-corrected chi connectivity index (χ4v) is 5.24. The number of aliphatic hydroxyl groups excluding tert-OH is 1. The van der Waals surface area contributed by atoms with Gasteiger partial charge in [-0.2, -0.15) is 0 Å². The average molecular weight is 419 g/mol. The van der Waals surface area contributed by atoms with Gasteiger partial charge in [-0.05, 0) is 60.0 Å². The second-order valence-electron chi connectivity index (χ2n) is 8.43. The summed E-state index contributed by atoms with van der Waals surface area (Å²) >= 11 is 0. The molecule has 0 amide bonds. The first-order valence-corrected chi connectivity index (χ1v) is 10.8. The Morgan fingerprint density at radius 3 is 2.71 bits per heavy atom. The largest absolute Gasteiger partial charge is 0.496 e. The molecule has 5 heteroatoms. The SMILES string of the molecule is COc1ccccc1CN1CC[C@H]2[C@H](CO)Nc3ccc(-c4cccc(F)c4)cc3[C@H]21. The number of hydrogen-bond donors (Lipinski definition) is 2. The predicted molar refractivity (Wildman–Crippen MR) is 121 cm³/mol. The summed E-state index contributed by atoms with van der Waals surface area (Å²) in [7, 11) is 1.71. The number of nitrogens with one attached hydrogen (secondary N) is 1. The van der Waals surface area contributed by atoms with E-state index in [9.17, 15) is 9.50 Å². The molecular formula is C26H27FN2O2. The number of rotatable bonds is 5. The second kappa shape index (κ2) is 8.33. The van der Waals surface area contributed by atoms with E-state index in [1.54, 1.807) is 19.2 Å². The zero-order valence-electron chi connectivity index (χ0n) is 17.6. The molecular weight excluding hydrogens is 391 g/mol. The van der Waals surface area contributed by atoms with Gasteiger partial charge in [0.2, 0.25) is 0 Å². The molecule has 0 radical (unpaired) electrons. The minimum Gasteiger partial charge on any atom is -0.496 e. The van der Waals surface area contributed by atoms with E-state index in [0.717, 1.165) is 47.6 Å². The van der Waals surface area contributed by atoms with Crippen LogP contribution in [0.15, 0.2) is 66.7 Å². The molecule has 4 nitrogen and oxygen atoms in total. The molecule has 0 saturated carbocycles. The fourth-order valence-electron chi connectivity index (χ4n) is 5.24. The summed E-state index contributed by atoms with van der Waals surface area (Å²) in [4.78, 5) is 2.49. The average Bonchev–Trinajstić information content (AvgIpc) is 3.22. The first-order valence-electron chi connectivity index (χ1n) is 10.8. The number of methoxy groups -OCH3 is 1. The van der Waals surface area contributed by atoms with Crippen molar-refractivity contribution in [1.82, 2.24) is 4.90 Å². The molecule has 2 aliphatic rings. The number of hydrogen-bond acceptors (Lipinski definition) is 4. The summed E-state index contributed by atoms with van der Waals surface area (Å²) in [6.07, 6.45) is 1.02. The Kier molecular flexibility index (Phi) is 5.38. The van der Waals surface area contributed by atoms with Crippen LogP contribution in [0, 0.1) is 11.7 Å². The summed E-state index contributed by atoms with van der Waals surface area (Å²) < 4.78 is 19.4. The van der Waals surface area contributed by atoms with E-state index in [4.69, 9.17) is 4.74 Å². The lowest BCUT2D eigenvalue weighted by Gasteiger charge is -2.39. The summed E-state index contributed by atoms with van der Waals surface area (Å²) in [5.41, 5.74) is 5.30. The molecule has 31 heavy (non-hydrogen) atoms. The van der Waals surface area contributed by atoms with Crippen LogP contribution < -0.4 is 10.1 Å². The van der Waals surface area contributed by atoms with E-state index in [1.807, 2.05) is 30.3 Å². The lowest BCUT2D eigenvalue weighted by atomic mass is 9.82. The molecule has 5 rings (SSSR count). The van der Waals surface area contributed by atoms with Crippen molar-refractivity contribution in [1.29, 1.82) is 0 Å². The Labute approximate surface area is 182 Å². The molecule has 0 bridgehead atoms. The topological polar surface area (TPSA) is 44.7 Å². The number of fused-ring (bicyclic) bond motifs is 3. The van der Waals surface area contributed by atoms with Crippen molar-refractivity contribution in [3.05, 3.63) is 83.7 Å². The van der Waals surface area contributed by atoms with Crippen LogP contribution >= 0.6 is 0 Å². The van der Waals surface area contributed by atoms with Gasteiger partial charge in [-0.15, -0.1) is 0 Å². The maximum atomic E-state index is 13.8. The number of likely N-dealkylation sites (tertiary alicyclic amines) is 1. The van der Waals surface area contributed by atoms with Gasteiger partial charge in [-0.3, -0.25) is 4.90 Å². The molecule has 0 unspecified atom stereocenters. The summed E-state index contributed by atoms with van der Waals surface area (Å²) in [5, 5.41) is 13.6. The van der Waals surface area contributed by atoms with E-state index in [1.165, 1.54) is 11.6 Å². The highest BCUT2D eigenvalue weighted by Crippen LogP contribution is 2.48. The number of halogens is 1. The fraction of sp³-hybridized carbons (Fsp3) is 0.308. The molecule has 3 aromatic rings. The summed E-state index contributed by atoms with van der Waals surface area (Å²) in [5.74, 6) is 0.979. The monoisotopic (exact) mass is 418 g/mol. The van der Waals surface area contributed by atoms with Crippen molar-refractivity contribution in [2.75, 3.05) is 25.6 Å². The minimum atomic E-state index is -0.231. The Balaban J connectivity index is 1.54. The zero-order chi connectivity index (χ0) is 21.4. The van der Waals surface area contributed by atoms with Crippen molar-refractivity contribution in [3.8, 4) is 16.9 Å². The maximum absolute atomic E-state index is 13.8. The number of nitrogens with zero attached hydrogens (tertiary/aromatic N) is 1. The molecule has 0 spiro atoms. The molecule has 0 aliphatic carbocycles. The summed E-state index contributed by atoms with van der Waals surface area (Å²) in [6.45, 7) is 1.84. The smallest absolute Gasteiger partial charge is 0.123 e. The van der Waals surface area contributed by atoms with Gasteiger partial charge in [-0.1, -0.05) is 36.4 Å². The van der Waals surface area contributed by atoms with Gasteiger partial charge in [-0.25, -0.2) is 4.39 Å². The lowest BCUT2D eigenvalue weighted by Crippen LogP contribution is -2.41. The second-order valence-corrected chi connectivity index (χ2v) is 8.43. The van der Waals surface area contributed by atoms with E-state index >= 15 is 0 Å². The highest BCUT2D eigenvalue weighted by atomic mass is 19.1. The van der Waals surface area contributed by atoms with Crippen molar-refractivity contribution < 1.29 is 14.2 Å². The van der Waals surface area contributed by atoms with Gasteiger partial charge in [0.25, 0.3) is 0 Å². The van der Waals surface area contributed by atoms with Gasteiger partial charge in [0.15, 0.2) is 0 Å². The van der Waals surface area contributed by atoms with Crippen molar-refractivity contribution in [2.24, 2.45) is 5.92 Å². The van der Waals surface area contributed by atoms with Crippen LogP contribution in [-0.2, 0) is 6.54 Å². The number of anilines is 1. The Bertz CT molecular complexity index is 1090. The Morgan fingerprint density at radius 2 is 1.90 bits per heavy atom. The number of para-hydroxylation sites is 1. The van der Waals surface area contributed by atoms with Crippen LogP contribution in [-0.4, -0.2) is 36.3 Å². The van der Waals surface area contributed by atoms with Gasteiger partial charge in [0.05, 0.1) is 19.8 Å². The van der Waals surface area contributed by atoms with Crippen LogP contribution in [0.2, 0.25) is 0 Å². The first kappa shape index (κ1) is 20.0. The van der Waals surface area contributed by atoms with Crippen LogP contribution in [0.4, 0.5) is 10.1 Å². The van der Waals surface area contributed by atoms with Gasteiger partial charge >= 0.3 is 0 Å². The Morgan fingerprint density at radius 1 is 1.06 bits per heavy atom. The molecule has 3 atom stereocenters. The lowest BCUT2D eigenvalue weighted by molar-refractivity contribution is 0.171. The molecule has 0 aromatic heterocycles. The number of benzene rings is 3. The van der Waals surface area contributed by atoms with Crippen LogP contribution in [0.25, 0.3) is 11.1 Å². The minimum absolute atomic E-state index is 0.0280. The van der Waals surface area contributed by atoms with E-state index in [-0.39, 0.29) is 24.5 Å². The van der Waals surface area contributed by atoms with Gasteiger partial charge in [0, 0.05) is 29.8 Å². The third-order valence-electron chi connectivity index (χ3n) is 6.70. The van der Waals surface area contributed by atoms with E-state index in [0.29, 0.717) is 5.92 Å². The highest BCUT2D eigenvalue weighted by molar-refractivity contribution is 5.70. The van der Waals surface area contributed by atoms with Crippen molar-refractivity contribution in [3.63, 3.8) is 0 Å². The van der Waals surface area contributed by atoms with Crippen LogP contribution in [0.5, 0.6) is 5.75 Å². The molecule has 1 saturated heterocycles. The van der Waals surface area contributed by atoms with Gasteiger partial charge < -0.3 is 15.2 Å². The quantitative estimate of drug-likeness (QED) is 0.622. The third-order valence-corrected chi connectivity index (χ3v) is 6.70. The first-order chi connectivity index (χ1) is 15.2. The molecule has 2 N–H and O–H groups in total. The molecule has 1 fully saturated rings. The van der Waals surface area contributed by atoms with Crippen molar-refractivity contribution in [2.45, 2.75) is 25.0 Å². The van der Waals surface area contributed by atoms with E-state index < -0.39 is 0 Å². The molecule has 160 valence electrons.